The van der Waals surface area contributed by atoms with E-state index < -0.39 is 0 Å². The minimum Gasteiger partial charge on any atom is -0.396 e. The molecule has 1 N–H and O–H groups in total. The van der Waals surface area contributed by atoms with E-state index in [2.05, 4.69) is 4.90 Å². The van der Waals surface area contributed by atoms with Crippen LogP contribution in [0.4, 0.5) is 0 Å². The van der Waals surface area contributed by atoms with Gasteiger partial charge >= 0.3 is 0 Å². The highest BCUT2D eigenvalue weighted by molar-refractivity contribution is 4.98. The summed E-state index contributed by atoms with van der Waals surface area (Å²) < 4.78 is 0. The number of rotatable bonds is 2. The molecule has 3 fully saturated rings. The van der Waals surface area contributed by atoms with Crippen LogP contribution in [0.1, 0.15) is 64.2 Å². The van der Waals surface area contributed by atoms with Gasteiger partial charge in [0.15, 0.2) is 0 Å². The SMILES string of the molecule is OCC1CCC(N2CC3(CCCCCC3)C2)CC1. The number of hydrogen-bond donors (Lipinski definition) is 1. The summed E-state index contributed by atoms with van der Waals surface area (Å²) in [6.45, 7) is 3.19. The minimum atomic E-state index is 0.413. The Morgan fingerprint density at radius 2 is 1.50 bits per heavy atom. The molecule has 104 valence electrons. The molecule has 1 saturated heterocycles. The Morgan fingerprint density at radius 3 is 2.06 bits per heavy atom. The fourth-order valence-electron chi connectivity index (χ4n) is 4.56. The maximum absolute atomic E-state index is 9.20. The summed E-state index contributed by atoms with van der Waals surface area (Å²) in [5.74, 6) is 0.606. The molecule has 1 aliphatic heterocycles. The molecule has 0 radical (unpaired) electrons. The Labute approximate surface area is 112 Å². The van der Waals surface area contributed by atoms with Gasteiger partial charge in [-0.2, -0.15) is 0 Å². The van der Waals surface area contributed by atoms with Gasteiger partial charge in [-0.25, -0.2) is 0 Å². The number of aliphatic hydroxyl groups is 1. The molecule has 2 heteroatoms. The maximum atomic E-state index is 9.20. The monoisotopic (exact) mass is 251 g/mol. The van der Waals surface area contributed by atoms with Gasteiger partial charge in [0.1, 0.15) is 0 Å². The average Bonchev–Trinajstić information content (AvgIpc) is 2.63. The van der Waals surface area contributed by atoms with E-state index in [0.29, 0.717) is 12.5 Å². The molecule has 18 heavy (non-hydrogen) atoms. The van der Waals surface area contributed by atoms with Crippen LogP contribution >= 0.6 is 0 Å². The van der Waals surface area contributed by atoms with Gasteiger partial charge in [0.2, 0.25) is 0 Å². The zero-order chi connectivity index (χ0) is 12.4. The molecule has 0 amide bonds. The molecular formula is C16H29NO. The lowest BCUT2D eigenvalue weighted by molar-refractivity contribution is -0.0554. The van der Waals surface area contributed by atoms with Crippen LogP contribution in [0.5, 0.6) is 0 Å². The number of nitrogens with zero attached hydrogens (tertiary/aromatic N) is 1. The molecule has 0 bridgehead atoms. The normalized spacial score (nSPS) is 37.2. The minimum absolute atomic E-state index is 0.413. The molecule has 3 rings (SSSR count). The van der Waals surface area contributed by atoms with E-state index in [1.165, 1.54) is 77.3 Å². The van der Waals surface area contributed by atoms with Gasteiger partial charge in [0, 0.05) is 25.7 Å². The van der Waals surface area contributed by atoms with Gasteiger partial charge in [-0.15, -0.1) is 0 Å². The summed E-state index contributed by atoms with van der Waals surface area (Å²) in [5, 5.41) is 9.20. The maximum Gasteiger partial charge on any atom is 0.0459 e. The molecule has 0 unspecified atom stereocenters. The van der Waals surface area contributed by atoms with Gasteiger partial charge in [-0.3, -0.25) is 4.90 Å². The van der Waals surface area contributed by atoms with Crippen LogP contribution in [0.25, 0.3) is 0 Å². The lowest BCUT2D eigenvalue weighted by Gasteiger charge is -2.54. The number of hydrogen-bond acceptors (Lipinski definition) is 2. The summed E-state index contributed by atoms with van der Waals surface area (Å²) in [6, 6.07) is 0.849. The Hall–Kier alpha value is -0.0800. The molecule has 2 saturated carbocycles. The lowest BCUT2D eigenvalue weighted by atomic mass is 9.71. The highest BCUT2D eigenvalue weighted by Crippen LogP contribution is 2.45. The van der Waals surface area contributed by atoms with Crippen molar-refractivity contribution in [1.29, 1.82) is 0 Å². The zero-order valence-corrected chi connectivity index (χ0v) is 11.7. The van der Waals surface area contributed by atoms with Crippen molar-refractivity contribution >= 4 is 0 Å². The van der Waals surface area contributed by atoms with E-state index in [1.807, 2.05) is 0 Å². The van der Waals surface area contributed by atoms with Crippen molar-refractivity contribution in [2.24, 2.45) is 11.3 Å². The smallest absolute Gasteiger partial charge is 0.0459 e. The molecule has 3 aliphatic rings. The first-order valence-corrected chi connectivity index (χ1v) is 8.16. The van der Waals surface area contributed by atoms with Gasteiger partial charge < -0.3 is 5.11 Å². The van der Waals surface area contributed by atoms with E-state index in [9.17, 15) is 5.11 Å². The first-order chi connectivity index (χ1) is 8.81. The van der Waals surface area contributed by atoms with E-state index in [4.69, 9.17) is 0 Å². The highest BCUT2D eigenvalue weighted by atomic mass is 16.3. The van der Waals surface area contributed by atoms with Crippen LogP contribution < -0.4 is 0 Å². The van der Waals surface area contributed by atoms with E-state index in [-0.39, 0.29) is 0 Å². The molecule has 2 nitrogen and oxygen atoms in total. The van der Waals surface area contributed by atoms with Crippen molar-refractivity contribution in [2.75, 3.05) is 19.7 Å². The van der Waals surface area contributed by atoms with Crippen LogP contribution in [0.2, 0.25) is 0 Å². The van der Waals surface area contributed by atoms with E-state index >= 15 is 0 Å². The Kier molecular flexibility index (Phi) is 3.95. The van der Waals surface area contributed by atoms with Gasteiger partial charge in [-0.05, 0) is 49.9 Å². The van der Waals surface area contributed by atoms with Gasteiger partial charge in [-0.1, -0.05) is 25.7 Å². The van der Waals surface area contributed by atoms with Crippen LogP contribution in [0.3, 0.4) is 0 Å². The van der Waals surface area contributed by atoms with Crippen molar-refractivity contribution in [3.05, 3.63) is 0 Å². The summed E-state index contributed by atoms with van der Waals surface area (Å²) in [5.41, 5.74) is 0.727. The standard InChI is InChI=1S/C16H29NO/c18-11-14-5-7-15(8-6-14)17-12-16(13-17)9-3-1-2-4-10-16/h14-15,18H,1-13H2. The lowest BCUT2D eigenvalue weighted by Crippen LogP contribution is -2.60. The third-order valence-electron chi connectivity index (χ3n) is 5.83. The molecule has 1 heterocycles. The topological polar surface area (TPSA) is 23.5 Å². The van der Waals surface area contributed by atoms with Crippen LogP contribution in [-0.2, 0) is 0 Å². The predicted molar refractivity (Wildman–Crippen MR) is 74.5 cm³/mol. The largest absolute Gasteiger partial charge is 0.396 e. The fourth-order valence-corrected chi connectivity index (χ4v) is 4.56. The zero-order valence-electron chi connectivity index (χ0n) is 11.7. The fraction of sp³-hybridized carbons (Fsp3) is 1.00. The molecule has 1 spiro atoms. The second-order valence-corrected chi connectivity index (χ2v) is 7.18. The second kappa shape index (κ2) is 5.50. The average molecular weight is 251 g/mol. The second-order valence-electron chi connectivity index (χ2n) is 7.18. The summed E-state index contributed by atoms with van der Waals surface area (Å²) in [6.07, 6.45) is 14.1. The van der Waals surface area contributed by atoms with Crippen LogP contribution in [0, 0.1) is 11.3 Å². The van der Waals surface area contributed by atoms with Crippen LogP contribution in [0.15, 0.2) is 0 Å². The van der Waals surface area contributed by atoms with Crippen molar-refractivity contribution in [3.63, 3.8) is 0 Å². The first-order valence-electron chi connectivity index (χ1n) is 8.16. The summed E-state index contributed by atoms with van der Waals surface area (Å²) >= 11 is 0. The number of aliphatic hydroxyl groups excluding tert-OH is 1. The van der Waals surface area contributed by atoms with Gasteiger partial charge in [0.05, 0.1) is 0 Å². The Balaban J connectivity index is 1.47. The number of likely N-dealkylation sites (tertiary alicyclic amines) is 1. The third-order valence-corrected chi connectivity index (χ3v) is 5.83. The molecule has 0 aromatic heterocycles. The molecular weight excluding hydrogens is 222 g/mol. The Bertz CT molecular complexity index is 254. The van der Waals surface area contributed by atoms with E-state index in [0.717, 1.165) is 11.5 Å². The highest BCUT2D eigenvalue weighted by Gasteiger charge is 2.45. The van der Waals surface area contributed by atoms with Gasteiger partial charge in [0.25, 0.3) is 0 Å². The third kappa shape index (κ3) is 2.60. The molecule has 0 aromatic rings. The molecule has 0 atom stereocenters. The van der Waals surface area contributed by atoms with Crippen molar-refractivity contribution in [2.45, 2.75) is 70.3 Å². The van der Waals surface area contributed by atoms with Crippen molar-refractivity contribution in [3.8, 4) is 0 Å². The quantitative estimate of drug-likeness (QED) is 0.814. The van der Waals surface area contributed by atoms with E-state index in [1.54, 1.807) is 0 Å². The summed E-state index contributed by atoms with van der Waals surface area (Å²) in [4.78, 5) is 2.76. The summed E-state index contributed by atoms with van der Waals surface area (Å²) in [7, 11) is 0. The van der Waals surface area contributed by atoms with Crippen LogP contribution in [-0.4, -0.2) is 35.7 Å². The Morgan fingerprint density at radius 1 is 0.889 bits per heavy atom. The van der Waals surface area contributed by atoms with Crippen molar-refractivity contribution in [1.82, 2.24) is 4.90 Å². The predicted octanol–water partition coefficient (Wildman–Crippen LogP) is 3.19. The molecule has 2 aliphatic carbocycles. The van der Waals surface area contributed by atoms with Crippen molar-refractivity contribution < 1.29 is 5.11 Å². The molecule has 0 aromatic carbocycles. The first kappa shape index (κ1) is 12.9.